The highest BCUT2D eigenvalue weighted by Crippen LogP contribution is 2.37. The van der Waals surface area contributed by atoms with E-state index in [-0.39, 0.29) is 11.8 Å². The lowest BCUT2D eigenvalue weighted by Crippen LogP contribution is -2.40. The number of carbonyl (C=O) groups is 1. The zero-order valence-corrected chi connectivity index (χ0v) is 12.3. The predicted octanol–water partition coefficient (Wildman–Crippen LogP) is 3.35. The van der Waals surface area contributed by atoms with Crippen LogP contribution in [0.15, 0.2) is 48.5 Å². The third kappa shape index (κ3) is 2.51. The molecule has 3 nitrogen and oxygen atoms in total. The summed E-state index contributed by atoms with van der Waals surface area (Å²) in [6.07, 6.45) is 1.77. The SMILES string of the molecule is CCCN(C(=O)C1Cc2ccccc21)c1cccc(N)c1. The van der Waals surface area contributed by atoms with E-state index in [0.29, 0.717) is 5.69 Å². The molecule has 2 N–H and O–H groups in total. The van der Waals surface area contributed by atoms with Crippen molar-refractivity contribution in [3.8, 4) is 0 Å². The second-order valence-corrected chi connectivity index (χ2v) is 5.54. The van der Waals surface area contributed by atoms with E-state index in [1.807, 2.05) is 41.3 Å². The van der Waals surface area contributed by atoms with Crippen LogP contribution in [0.1, 0.15) is 30.4 Å². The third-order valence-corrected chi connectivity index (χ3v) is 4.05. The van der Waals surface area contributed by atoms with E-state index in [1.165, 1.54) is 11.1 Å². The smallest absolute Gasteiger partial charge is 0.234 e. The average molecular weight is 280 g/mol. The fourth-order valence-electron chi connectivity index (χ4n) is 2.95. The number of nitrogens with two attached hydrogens (primary N) is 1. The van der Waals surface area contributed by atoms with Crippen LogP contribution in [-0.4, -0.2) is 12.5 Å². The van der Waals surface area contributed by atoms with Crippen molar-refractivity contribution >= 4 is 17.3 Å². The van der Waals surface area contributed by atoms with Gasteiger partial charge in [0.15, 0.2) is 0 Å². The Labute approximate surface area is 125 Å². The minimum absolute atomic E-state index is 0.00539. The molecule has 108 valence electrons. The summed E-state index contributed by atoms with van der Waals surface area (Å²) in [7, 11) is 0. The fraction of sp³-hybridized carbons (Fsp3) is 0.278. The maximum atomic E-state index is 12.9. The first-order valence-electron chi connectivity index (χ1n) is 7.45. The summed E-state index contributed by atoms with van der Waals surface area (Å²) < 4.78 is 0. The molecule has 0 bridgehead atoms. The minimum atomic E-state index is -0.00539. The van der Waals surface area contributed by atoms with Crippen LogP contribution in [0.2, 0.25) is 0 Å². The van der Waals surface area contributed by atoms with Gasteiger partial charge in [0.2, 0.25) is 5.91 Å². The van der Waals surface area contributed by atoms with Gasteiger partial charge in [-0.15, -0.1) is 0 Å². The quantitative estimate of drug-likeness (QED) is 0.873. The highest BCUT2D eigenvalue weighted by Gasteiger charge is 2.34. The Hall–Kier alpha value is -2.29. The minimum Gasteiger partial charge on any atom is -0.399 e. The zero-order valence-electron chi connectivity index (χ0n) is 12.3. The van der Waals surface area contributed by atoms with Gasteiger partial charge in [0, 0.05) is 17.9 Å². The van der Waals surface area contributed by atoms with Gasteiger partial charge in [-0.1, -0.05) is 37.3 Å². The van der Waals surface area contributed by atoms with Crippen molar-refractivity contribution in [3.05, 3.63) is 59.7 Å². The molecule has 1 aliphatic carbocycles. The van der Waals surface area contributed by atoms with Gasteiger partial charge in [-0.2, -0.15) is 0 Å². The normalized spacial score (nSPS) is 16.0. The molecule has 0 spiro atoms. The fourth-order valence-corrected chi connectivity index (χ4v) is 2.95. The van der Waals surface area contributed by atoms with Crippen LogP contribution in [-0.2, 0) is 11.2 Å². The van der Waals surface area contributed by atoms with Gasteiger partial charge in [0.25, 0.3) is 0 Å². The Morgan fingerprint density at radius 3 is 2.76 bits per heavy atom. The summed E-state index contributed by atoms with van der Waals surface area (Å²) in [6, 6.07) is 15.8. The van der Waals surface area contributed by atoms with Crippen molar-refractivity contribution in [1.82, 2.24) is 0 Å². The van der Waals surface area contributed by atoms with E-state index < -0.39 is 0 Å². The first kappa shape index (κ1) is 13.7. The Kier molecular flexibility index (Phi) is 3.65. The maximum Gasteiger partial charge on any atom is 0.234 e. The molecular weight excluding hydrogens is 260 g/mol. The van der Waals surface area contributed by atoms with E-state index in [2.05, 4.69) is 19.1 Å². The molecule has 0 saturated heterocycles. The number of benzene rings is 2. The van der Waals surface area contributed by atoms with E-state index in [9.17, 15) is 4.79 Å². The number of nitrogen functional groups attached to an aromatic ring is 1. The highest BCUT2D eigenvalue weighted by molar-refractivity contribution is 6.00. The van der Waals surface area contributed by atoms with Crippen molar-refractivity contribution < 1.29 is 4.79 Å². The first-order valence-corrected chi connectivity index (χ1v) is 7.45. The summed E-state index contributed by atoms with van der Waals surface area (Å²) in [5, 5.41) is 0. The standard InChI is InChI=1S/C18H20N2O/c1-2-10-20(15-8-5-7-14(19)12-15)18(21)17-11-13-6-3-4-9-16(13)17/h3-9,12,17H,2,10-11,19H2,1H3. The largest absolute Gasteiger partial charge is 0.399 e. The van der Waals surface area contributed by atoms with Crippen molar-refractivity contribution in [2.24, 2.45) is 0 Å². The molecule has 2 aromatic carbocycles. The topological polar surface area (TPSA) is 46.3 Å². The number of nitrogens with zero attached hydrogens (tertiary/aromatic N) is 1. The number of rotatable bonds is 4. The van der Waals surface area contributed by atoms with Gasteiger partial charge >= 0.3 is 0 Å². The molecule has 0 aliphatic heterocycles. The maximum absolute atomic E-state index is 12.9. The van der Waals surface area contributed by atoms with Crippen LogP contribution < -0.4 is 10.6 Å². The zero-order chi connectivity index (χ0) is 14.8. The second kappa shape index (κ2) is 5.60. The third-order valence-electron chi connectivity index (χ3n) is 4.05. The van der Waals surface area contributed by atoms with Crippen molar-refractivity contribution in [2.75, 3.05) is 17.2 Å². The molecule has 1 aliphatic rings. The van der Waals surface area contributed by atoms with Crippen molar-refractivity contribution in [2.45, 2.75) is 25.7 Å². The van der Waals surface area contributed by atoms with E-state index in [4.69, 9.17) is 5.73 Å². The van der Waals surface area contributed by atoms with E-state index in [1.54, 1.807) is 0 Å². The highest BCUT2D eigenvalue weighted by atomic mass is 16.2. The van der Waals surface area contributed by atoms with Gasteiger partial charge in [-0.05, 0) is 42.2 Å². The van der Waals surface area contributed by atoms with Crippen LogP contribution in [0.3, 0.4) is 0 Å². The molecule has 21 heavy (non-hydrogen) atoms. The molecule has 1 unspecified atom stereocenters. The van der Waals surface area contributed by atoms with Crippen LogP contribution >= 0.6 is 0 Å². The van der Waals surface area contributed by atoms with Crippen LogP contribution in [0.25, 0.3) is 0 Å². The number of carbonyl (C=O) groups excluding carboxylic acids is 1. The van der Waals surface area contributed by atoms with Gasteiger partial charge in [-0.3, -0.25) is 4.79 Å². The van der Waals surface area contributed by atoms with Crippen LogP contribution in [0.5, 0.6) is 0 Å². The molecule has 1 amide bonds. The molecule has 3 heteroatoms. The number of hydrogen-bond donors (Lipinski definition) is 1. The summed E-state index contributed by atoms with van der Waals surface area (Å²) in [5.74, 6) is 0.176. The van der Waals surface area contributed by atoms with Crippen LogP contribution in [0.4, 0.5) is 11.4 Å². The molecule has 3 rings (SSSR count). The lowest BCUT2D eigenvalue weighted by Gasteiger charge is -2.34. The molecule has 1 atom stereocenters. The Morgan fingerprint density at radius 2 is 2.05 bits per heavy atom. The van der Waals surface area contributed by atoms with Gasteiger partial charge < -0.3 is 10.6 Å². The molecule has 0 saturated carbocycles. The van der Waals surface area contributed by atoms with Gasteiger partial charge in [0.1, 0.15) is 0 Å². The molecule has 0 radical (unpaired) electrons. The van der Waals surface area contributed by atoms with Crippen molar-refractivity contribution in [1.29, 1.82) is 0 Å². The molecule has 2 aromatic rings. The summed E-state index contributed by atoms with van der Waals surface area (Å²) in [4.78, 5) is 14.7. The van der Waals surface area contributed by atoms with Gasteiger partial charge in [0.05, 0.1) is 5.92 Å². The van der Waals surface area contributed by atoms with E-state index in [0.717, 1.165) is 25.1 Å². The summed E-state index contributed by atoms with van der Waals surface area (Å²) in [6.45, 7) is 2.81. The first-order chi connectivity index (χ1) is 10.2. The number of hydrogen-bond acceptors (Lipinski definition) is 2. The summed E-state index contributed by atoms with van der Waals surface area (Å²) in [5.41, 5.74) is 9.90. The molecule has 0 aromatic heterocycles. The van der Waals surface area contributed by atoms with Crippen molar-refractivity contribution in [3.63, 3.8) is 0 Å². The Bertz CT molecular complexity index is 666. The predicted molar refractivity (Wildman–Crippen MR) is 86.4 cm³/mol. The summed E-state index contributed by atoms with van der Waals surface area (Å²) >= 11 is 0. The lowest BCUT2D eigenvalue weighted by molar-refractivity contribution is -0.120. The second-order valence-electron chi connectivity index (χ2n) is 5.54. The van der Waals surface area contributed by atoms with Crippen LogP contribution in [0, 0.1) is 0 Å². The number of amides is 1. The monoisotopic (exact) mass is 280 g/mol. The Balaban J connectivity index is 1.87. The Morgan fingerprint density at radius 1 is 1.24 bits per heavy atom. The van der Waals surface area contributed by atoms with E-state index >= 15 is 0 Å². The number of anilines is 2. The average Bonchev–Trinajstić information content (AvgIpc) is 2.46. The number of fused-ring (bicyclic) bond motifs is 1. The lowest BCUT2D eigenvalue weighted by atomic mass is 9.76. The molecule has 0 fully saturated rings. The molecular formula is C18H20N2O. The van der Waals surface area contributed by atoms with Gasteiger partial charge in [-0.25, -0.2) is 0 Å². The molecule has 0 heterocycles.